The second-order valence-corrected chi connectivity index (χ2v) is 5.52. The van der Waals surface area contributed by atoms with Crippen molar-refractivity contribution in [2.75, 3.05) is 7.05 Å². The first kappa shape index (κ1) is 21.0. The van der Waals surface area contributed by atoms with Gasteiger partial charge in [0.1, 0.15) is 0 Å². The van der Waals surface area contributed by atoms with Gasteiger partial charge < -0.3 is 12.0 Å². The summed E-state index contributed by atoms with van der Waals surface area (Å²) < 4.78 is 0. The minimum Gasteiger partial charge on any atom is -0.391 e. The second-order valence-electron chi connectivity index (χ2n) is 5.52. The number of nitrogens with zero attached hydrogens (tertiary/aromatic N) is 1. The first-order valence-electron chi connectivity index (χ1n) is 6.46. The van der Waals surface area contributed by atoms with Crippen molar-refractivity contribution in [3.8, 4) is 0 Å². The summed E-state index contributed by atoms with van der Waals surface area (Å²) in [5, 5.41) is 10.3. The van der Waals surface area contributed by atoms with Crippen molar-refractivity contribution in [2.45, 2.75) is 59.2 Å². The molecule has 0 aromatic rings. The van der Waals surface area contributed by atoms with Gasteiger partial charge in [0.2, 0.25) is 0 Å². The van der Waals surface area contributed by atoms with Gasteiger partial charge in [-0.2, -0.15) is 6.42 Å². The fraction of sp³-hybridized carbons (Fsp3) is 0.857. The van der Waals surface area contributed by atoms with Gasteiger partial charge in [-0.3, -0.25) is 9.69 Å². The van der Waals surface area contributed by atoms with Gasteiger partial charge in [-0.05, 0) is 26.8 Å². The van der Waals surface area contributed by atoms with Crippen LogP contribution in [0.5, 0.6) is 0 Å². The van der Waals surface area contributed by atoms with Crippen molar-refractivity contribution in [2.24, 2.45) is 11.8 Å². The number of rotatable bonds is 7. The first-order valence-corrected chi connectivity index (χ1v) is 6.46. The maximum Gasteiger partial charge on any atom is 0.155 e. The third-order valence-electron chi connectivity index (χ3n) is 3.48. The summed E-state index contributed by atoms with van der Waals surface area (Å²) in [4.78, 5) is 14.2. The van der Waals surface area contributed by atoms with E-state index in [-0.39, 0.29) is 56.4 Å². The number of hydrogen-bond donors (Lipinski definition) is 1. The van der Waals surface area contributed by atoms with Crippen molar-refractivity contribution in [3.63, 3.8) is 0 Å². The van der Waals surface area contributed by atoms with Crippen LogP contribution in [0, 0.1) is 18.8 Å². The van der Waals surface area contributed by atoms with Crippen LogP contribution in [-0.4, -0.2) is 41.0 Å². The van der Waals surface area contributed by atoms with Gasteiger partial charge in [0.25, 0.3) is 0 Å². The first-order chi connectivity index (χ1) is 7.73. The minimum absolute atomic E-state index is 0. The Bertz CT molecular complexity index is 244. The topological polar surface area (TPSA) is 40.5 Å². The van der Waals surface area contributed by atoms with Gasteiger partial charge >= 0.3 is 0 Å². The molecule has 18 heavy (non-hydrogen) atoms. The summed E-state index contributed by atoms with van der Waals surface area (Å²) in [5.41, 5.74) is 0. The molecule has 105 valence electrons. The van der Waals surface area contributed by atoms with Crippen molar-refractivity contribution in [3.05, 3.63) is 6.92 Å². The zero-order valence-corrected chi connectivity index (χ0v) is 15.5. The minimum atomic E-state index is -0.644. The van der Waals surface area contributed by atoms with Crippen LogP contribution in [0.4, 0.5) is 0 Å². The summed E-state index contributed by atoms with van der Waals surface area (Å²) in [5.74, 6) is 0.0748. The molecule has 0 saturated heterocycles. The third-order valence-corrected chi connectivity index (χ3v) is 3.48. The van der Waals surface area contributed by atoms with E-state index in [4.69, 9.17) is 0 Å². The maximum atomic E-state index is 12.2. The number of Topliss-reactive ketones (excluding diaryl/α,β-unsaturated/α-hetero) is 1. The third kappa shape index (κ3) is 5.77. The summed E-state index contributed by atoms with van der Waals surface area (Å²) in [6, 6.07) is -0.193. The van der Waals surface area contributed by atoms with Gasteiger partial charge in [0.15, 0.2) is 5.78 Å². The van der Waals surface area contributed by atoms with Crippen LogP contribution in [0.25, 0.3) is 0 Å². The fourth-order valence-corrected chi connectivity index (χ4v) is 1.75. The molecule has 0 amide bonds. The number of likely N-dealkylation sites (N-methyl/N-ethyl adjacent to an activating group) is 1. The number of aliphatic hydroxyl groups excluding tert-OH is 1. The molecule has 0 spiro atoms. The Morgan fingerprint density at radius 3 is 1.94 bits per heavy atom. The van der Waals surface area contributed by atoms with Gasteiger partial charge in [-0.25, -0.2) is 0 Å². The van der Waals surface area contributed by atoms with Crippen LogP contribution in [0.1, 0.15) is 41.0 Å². The van der Waals surface area contributed by atoms with E-state index in [2.05, 4.69) is 6.92 Å². The molecular weight excluding hydrogens is 303 g/mol. The molecule has 0 aliphatic rings. The van der Waals surface area contributed by atoms with Gasteiger partial charge in [-0.15, -0.1) is 0 Å². The van der Waals surface area contributed by atoms with Crippen LogP contribution in [-0.2, 0) is 37.5 Å². The molecule has 0 saturated carbocycles. The van der Waals surface area contributed by atoms with E-state index in [0.717, 1.165) is 0 Å². The number of hydrogen-bond acceptors (Lipinski definition) is 3. The van der Waals surface area contributed by atoms with Crippen molar-refractivity contribution >= 4 is 5.78 Å². The predicted octanol–water partition coefficient (Wildman–Crippen LogP) is 2.14. The van der Waals surface area contributed by atoms with Crippen LogP contribution in [0.3, 0.4) is 0 Å². The molecular formula is C14H28NO2Y-. The molecule has 3 atom stereocenters. The number of carbonyl (C=O) groups excluding carboxylic acids is 1. The van der Waals surface area contributed by atoms with Crippen LogP contribution >= 0.6 is 0 Å². The van der Waals surface area contributed by atoms with Crippen molar-refractivity contribution < 1.29 is 42.6 Å². The Morgan fingerprint density at radius 2 is 1.67 bits per heavy atom. The molecule has 3 nitrogen and oxygen atoms in total. The Balaban J connectivity index is 0. The van der Waals surface area contributed by atoms with Crippen molar-refractivity contribution in [1.82, 2.24) is 4.90 Å². The average Bonchev–Trinajstić information content (AvgIpc) is 2.27. The smallest absolute Gasteiger partial charge is 0.155 e. The van der Waals surface area contributed by atoms with E-state index < -0.39 is 12.1 Å². The molecule has 0 aliphatic carbocycles. The van der Waals surface area contributed by atoms with Gasteiger partial charge in [0, 0.05) is 44.7 Å². The number of ketones is 1. The molecule has 0 fully saturated rings. The quantitative estimate of drug-likeness (QED) is 0.727. The molecule has 0 aliphatic heterocycles. The molecule has 0 rings (SSSR count). The summed E-state index contributed by atoms with van der Waals surface area (Å²) in [6.07, 6.45) is -0.00980. The molecule has 1 radical (unpaired) electrons. The molecule has 2 unspecified atom stereocenters. The SMILES string of the molecule is [CH2-]C[C@@H](C)C(O)C(C(=O)C(C)C)N(C)C(C)C.[Y]. The van der Waals surface area contributed by atoms with E-state index in [1.54, 1.807) is 0 Å². The summed E-state index contributed by atoms with van der Waals surface area (Å²) in [6.45, 7) is 13.6. The Kier molecular flexibility index (Phi) is 11.2. The van der Waals surface area contributed by atoms with Gasteiger partial charge in [-0.1, -0.05) is 20.8 Å². The summed E-state index contributed by atoms with van der Waals surface area (Å²) in [7, 11) is 1.90. The average molecular weight is 331 g/mol. The second kappa shape index (κ2) is 9.57. The summed E-state index contributed by atoms with van der Waals surface area (Å²) >= 11 is 0. The molecule has 4 heteroatoms. The van der Waals surface area contributed by atoms with Gasteiger partial charge in [0.05, 0.1) is 12.1 Å². The Hall–Kier alpha value is 0.694. The molecule has 0 heterocycles. The number of carbonyl (C=O) groups is 1. The van der Waals surface area contributed by atoms with E-state index >= 15 is 0 Å². The normalized spacial score (nSPS) is 16.6. The Morgan fingerprint density at radius 1 is 1.22 bits per heavy atom. The maximum absolute atomic E-state index is 12.2. The fourth-order valence-electron chi connectivity index (χ4n) is 1.75. The zero-order valence-electron chi connectivity index (χ0n) is 12.7. The van der Waals surface area contributed by atoms with E-state index in [0.29, 0.717) is 6.42 Å². The Labute approximate surface area is 138 Å². The molecule has 1 N–H and O–H groups in total. The predicted molar refractivity (Wildman–Crippen MR) is 71.7 cm³/mol. The van der Waals surface area contributed by atoms with E-state index in [1.165, 1.54) is 0 Å². The standard InChI is InChI=1S/C14H28NO2.Y/c1-8-11(6)14(17)12(13(16)9(2)3)15(7)10(4)5;/h9-12,14,17H,1,8H2,2-7H3;/q-1;/t11-,12?,14?;/m1./s1. The largest absolute Gasteiger partial charge is 0.391 e. The van der Waals surface area contributed by atoms with Crippen LogP contribution in [0.15, 0.2) is 0 Å². The zero-order chi connectivity index (χ0) is 13.7. The van der Waals surface area contributed by atoms with Crippen LogP contribution < -0.4 is 0 Å². The molecule has 0 bridgehead atoms. The monoisotopic (exact) mass is 331 g/mol. The molecule has 0 aromatic carbocycles. The van der Waals surface area contributed by atoms with E-state index in [9.17, 15) is 9.90 Å². The van der Waals surface area contributed by atoms with Crippen molar-refractivity contribution in [1.29, 1.82) is 0 Å². The number of aliphatic hydroxyl groups is 1. The van der Waals surface area contributed by atoms with Crippen LogP contribution in [0.2, 0.25) is 0 Å². The molecule has 0 aromatic heterocycles. The van der Waals surface area contributed by atoms with E-state index in [1.807, 2.05) is 46.6 Å².